The SMILES string of the molecule is CCc1cc2c(Oc3ccccc3I)nc(N)nc2s1. The molecule has 0 aliphatic carbocycles. The molecule has 0 fully saturated rings. The highest BCUT2D eigenvalue weighted by molar-refractivity contribution is 14.1. The predicted octanol–water partition coefficient (Wildman–Crippen LogP) is 4.23. The first-order valence-electron chi connectivity index (χ1n) is 6.15. The normalized spacial score (nSPS) is 10.9. The third-order valence-electron chi connectivity index (χ3n) is 2.82. The second-order valence-corrected chi connectivity index (χ2v) is 6.48. The zero-order chi connectivity index (χ0) is 14.1. The Labute approximate surface area is 134 Å². The third kappa shape index (κ3) is 2.57. The standard InChI is InChI=1S/C14H12IN3OS/c1-2-8-7-9-12(17-14(16)18-13(9)20-8)19-11-6-4-3-5-10(11)15/h3-7H,2H2,1H3,(H2,16,17,18). The highest BCUT2D eigenvalue weighted by Gasteiger charge is 2.13. The zero-order valence-corrected chi connectivity index (χ0v) is 13.7. The van der Waals surface area contributed by atoms with Crippen molar-refractivity contribution in [2.45, 2.75) is 13.3 Å². The first-order chi connectivity index (χ1) is 9.67. The number of benzene rings is 1. The zero-order valence-electron chi connectivity index (χ0n) is 10.8. The lowest BCUT2D eigenvalue weighted by Crippen LogP contribution is -1.97. The summed E-state index contributed by atoms with van der Waals surface area (Å²) in [6.45, 7) is 2.11. The molecule has 102 valence electrons. The number of halogens is 1. The molecule has 0 saturated heterocycles. The van der Waals surface area contributed by atoms with Crippen molar-refractivity contribution in [1.29, 1.82) is 0 Å². The second kappa shape index (κ2) is 5.53. The predicted molar refractivity (Wildman–Crippen MR) is 90.4 cm³/mol. The maximum Gasteiger partial charge on any atom is 0.232 e. The maximum absolute atomic E-state index is 5.93. The molecular weight excluding hydrogens is 385 g/mol. The van der Waals surface area contributed by atoms with Crippen molar-refractivity contribution in [2.75, 3.05) is 5.73 Å². The molecule has 0 amide bonds. The van der Waals surface area contributed by atoms with E-state index in [0.29, 0.717) is 5.88 Å². The van der Waals surface area contributed by atoms with E-state index in [1.54, 1.807) is 11.3 Å². The smallest absolute Gasteiger partial charge is 0.232 e. The summed E-state index contributed by atoms with van der Waals surface area (Å²) >= 11 is 3.86. The molecule has 20 heavy (non-hydrogen) atoms. The molecule has 6 heteroatoms. The molecule has 0 atom stereocenters. The number of fused-ring (bicyclic) bond motifs is 1. The molecule has 2 N–H and O–H groups in total. The fourth-order valence-electron chi connectivity index (χ4n) is 1.84. The van der Waals surface area contributed by atoms with Crippen LogP contribution in [0.4, 0.5) is 5.95 Å². The van der Waals surface area contributed by atoms with E-state index in [9.17, 15) is 0 Å². The van der Waals surface area contributed by atoms with E-state index < -0.39 is 0 Å². The average Bonchev–Trinajstić information content (AvgIpc) is 2.84. The van der Waals surface area contributed by atoms with Gasteiger partial charge >= 0.3 is 0 Å². The minimum Gasteiger partial charge on any atom is -0.437 e. The van der Waals surface area contributed by atoms with E-state index in [0.717, 1.165) is 26.0 Å². The van der Waals surface area contributed by atoms with Crippen molar-refractivity contribution < 1.29 is 4.74 Å². The Morgan fingerprint density at radius 3 is 2.85 bits per heavy atom. The Balaban J connectivity index is 2.11. The van der Waals surface area contributed by atoms with Crippen molar-refractivity contribution >= 4 is 50.1 Å². The largest absolute Gasteiger partial charge is 0.437 e. The summed E-state index contributed by atoms with van der Waals surface area (Å²) in [6, 6.07) is 9.88. The van der Waals surface area contributed by atoms with Gasteiger partial charge in [0.25, 0.3) is 0 Å². The van der Waals surface area contributed by atoms with Crippen LogP contribution in [0.25, 0.3) is 10.2 Å². The molecule has 2 aromatic heterocycles. The van der Waals surface area contributed by atoms with E-state index in [1.165, 1.54) is 4.88 Å². The summed E-state index contributed by atoms with van der Waals surface area (Å²) in [7, 11) is 0. The molecular formula is C14H12IN3OS. The van der Waals surface area contributed by atoms with Gasteiger partial charge in [-0.15, -0.1) is 11.3 Å². The second-order valence-electron chi connectivity index (χ2n) is 4.20. The number of aromatic nitrogens is 2. The van der Waals surface area contributed by atoms with Crippen molar-refractivity contribution in [1.82, 2.24) is 9.97 Å². The summed E-state index contributed by atoms with van der Waals surface area (Å²) in [5.41, 5.74) is 5.77. The van der Waals surface area contributed by atoms with Crippen LogP contribution in [-0.4, -0.2) is 9.97 Å². The molecule has 4 nitrogen and oxygen atoms in total. The first kappa shape index (κ1) is 13.6. The molecule has 3 aromatic rings. The summed E-state index contributed by atoms with van der Waals surface area (Å²) in [5, 5.41) is 0.917. The summed E-state index contributed by atoms with van der Waals surface area (Å²) in [6.07, 6.45) is 0.962. The van der Waals surface area contributed by atoms with Gasteiger partial charge in [-0.05, 0) is 47.2 Å². The molecule has 0 spiro atoms. The monoisotopic (exact) mass is 397 g/mol. The fraction of sp³-hybridized carbons (Fsp3) is 0.143. The van der Waals surface area contributed by atoms with Crippen molar-refractivity contribution in [3.63, 3.8) is 0 Å². The number of anilines is 1. The Kier molecular flexibility index (Phi) is 3.75. The van der Waals surface area contributed by atoms with Gasteiger partial charge in [0, 0.05) is 4.88 Å². The number of hydrogen-bond acceptors (Lipinski definition) is 5. The quantitative estimate of drug-likeness (QED) is 0.672. The third-order valence-corrected chi connectivity index (χ3v) is 4.88. The van der Waals surface area contributed by atoms with E-state index in [-0.39, 0.29) is 5.95 Å². The van der Waals surface area contributed by atoms with E-state index >= 15 is 0 Å². The van der Waals surface area contributed by atoms with Crippen molar-refractivity contribution in [3.8, 4) is 11.6 Å². The summed E-state index contributed by atoms with van der Waals surface area (Å²) in [4.78, 5) is 10.6. The van der Waals surface area contributed by atoms with Crippen molar-refractivity contribution in [2.24, 2.45) is 0 Å². The molecule has 3 rings (SSSR count). The molecule has 1 aromatic carbocycles. The van der Waals surface area contributed by atoms with Gasteiger partial charge in [0.15, 0.2) is 0 Å². The number of aryl methyl sites for hydroxylation is 1. The fourth-order valence-corrected chi connectivity index (χ4v) is 3.31. The molecule has 2 heterocycles. The number of thiophene rings is 1. The van der Waals surface area contributed by atoms with Gasteiger partial charge in [-0.25, -0.2) is 4.98 Å². The number of para-hydroxylation sites is 1. The highest BCUT2D eigenvalue weighted by Crippen LogP contribution is 2.34. The van der Waals surface area contributed by atoms with Crippen molar-refractivity contribution in [3.05, 3.63) is 38.8 Å². The Bertz CT molecular complexity index is 772. The first-order valence-corrected chi connectivity index (χ1v) is 8.05. The number of nitrogens with two attached hydrogens (primary N) is 1. The van der Waals surface area contributed by atoms with Crippen LogP contribution >= 0.6 is 33.9 Å². The molecule has 0 aliphatic rings. The maximum atomic E-state index is 5.93. The van der Waals surface area contributed by atoms with Crippen LogP contribution < -0.4 is 10.5 Å². The number of ether oxygens (including phenoxy) is 1. The van der Waals surface area contributed by atoms with Crippen LogP contribution in [0.1, 0.15) is 11.8 Å². The number of rotatable bonds is 3. The van der Waals surface area contributed by atoms with Crippen LogP contribution in [-0.2, 0) is 6.42 Å². The van der Waals surface area contributed by atoms with Gasteiger partial charge in [-0.2, -0.15) is 4.98 Å². The van der Waals surface area contributed by atoms with Gasteiger partial charge in [0.05, 0.1) is 8.96 Å². The Morgan fingerprint density at radius 1 is 1.30 bits per heavy atom. The number of hydrogen-bond donors (Lipinski definition) is 1. The lowest BCUT2D eigenvalue weighted by molar-refractivity contribution is 0.466. The van der Waals surface area contributed by atoms with Crippen LogP contribution in [0, 0.1) is 3.57 Å². The van der Waals surface area contributed by atoms with Gasteiger partial charge in [0.1, 0.15) is 10.6 Å². The van der Waals surface area contributed by atoms with E-state index in [1.807, 2.05) is 24.3 Å². The Hall–Kier alpha value is -1.41. The lowest BCUT2D eigenvalue weighted by Gasteiger charge is -2.07. The molecule has 0 saturated carbocycles. The lowest BCUT2D eigenvalue weighted by atomic mass is 10.3. The summed E-state index contributed by atoms with van der Waals surface area (Å²) in [5.74, 6) is 1.53. The van der Waals surface area contributed by atoms with Gasteiger partial charge < -0.3 is 10.5 Å². The topological polar surface area (TPSA) is 61.0 Å². The minimum absolute atomic E-state index is 0.239. The average molecular weight is 397 g/mol. The minimum atomic E-state index is 0.239. The van der Waals surface area contributed by atoms with Gasteiger partial charge in [-0.1, -0.05) is 19.1 Å². The summed E-state index contributed by atoms with van der Waals surface area (Å²) < 4.78 is 6.96. The van der Waals surface area contributed by atoms with Gasteiger partial charge in [0.2, 0.25) is 11.8 Å². The van der Waals surface area contributed by atoms with E-state index in [2.05, 4.69) is 45.5 Å². The van der Waals surface area contributed by atoms with E-state index in [4.69, 9.17) is 10.5 Å². The van der Waals surface area contributed by atoms with Crippen LogP contribution in [0.5, 0.6) is 11.6 Å². The molecule has 0 aliphatic heterocycles. The molecule has 0 unspecified atom stereocenters. The van der Waals surface area contributed by atoms with Crippen LogP contribution in [0.2, 0.25) is 0 Å². The Morgan fingerprint density at radius 2 is 2.10 bits per heavy atom. The van der Waals surface area contributed by atoms with Crippen LogP contribution in [0.15, 0.2) is 30.3 Å². The van der Waals surface area contributed by atoms with Gasteiger partial charge in [-0.3, -0.25) is 0 Å². The number of nitrogens with zero attached hydrogens (tertiary/aromatic N) is 2. The highest BCUT2D eigenvalue weighted by atomic mass is 127. The number of nitrogen functional groups attached to an aromatic ring is 1. The van der Waals surface area contributed by atoms with Crippen LogP contribution in [0.3, 0.4) is 0 Å². The molecule has 0 bridgehead atoms. The molecule has 0 radical (unpaired) electrons.